The Labute approximate surface area is 104 Å². The van der Waals surface area contributed by atoms with E-state index in [1.165, 1.54) is 0 Å². The number of pyridine rings is 1. The number of aromatic nitrogens is 3. The van der Waals surface area contributed by atoms with Gasteiger partial charge in [-0.1, -0.05) is 11.3 Å². The molecule has 0 aliphatic rings. The molecule has 2 aromatic heterocycles. The smallest absolute Gasteiger partial charge is 0.149 e. The Morgan fingerprint density at radius 2 is 2.25 bits per heavy atom. The molecule has 16 heavy (non-hydrogen) atoms. The SMILES string of the molecule is Cc1ncccc1-c1nnc(CCCCl)s1. The molecule has 5 heteroatoms. The molecule has 2 rings (SSSR count). The Kier molecular flexibility index (Phi) is 3.85. The van der Waals surface area contributed by atoms with Gasteiger partial charge >= 0.3 is 0 Å². The first kappa shape index (κ1) is 11.5. The molecule has 0 spiro atoms. The number of halogens is 1. The molecule has 84 valence electrons. The lowest BCUT2D eigenvalue weighted by molar-refractivity contribution is 0.884. The molecular weight excluding hydrogens is 242 g/mol. The number of hydrogen-bond donors (Lipinski definition) is 0. The zero-order chi connectivity index (χ0) is 11.4. The van der Waals surface area contributed by atoms with Gasteiger partial charge in [-0.05, 0) is 25.5 Å². The number of hydrogen-bond acceptors (Lipinski definition) is 4. The van der Waals surface area contributed by atoms with E-state index in [0.29, 0.717) is 5.88 Å². The van der Waals surface area contributed by atoms with Gasteiger partial charge in [-0.3, -0.25) is 4.98 Å². The van der Waals surface area contributed by atoms with Crippen LogP contribution in [0.4, 0.5) is 0 Å². The molecule has 0 fully saturated rings. The average molecular weight is 254 g/mol. The van der Waals surface area contributed by atoms with Crippen LogP contribution in [0.5, 0.6) is 0 Å². The van der Waals surface area contributed by atoms with Crippen molar-refractivity contribution < 1.29 is 0 Å². The van der Waals surface area contributed by atoms with Gasteiger partial charge in [-0.15, -0.1) is 21.8 Å². The molecule has 2 aromatic rings. The van der Waals surface area contributed by atoms with Crippen LogP contribution in [0.2, 0.25) is 0 Å². The molecule has 3 nitrogen and oxygen atoms in total. The van der Waals surface area contributed by atoms with E-state index in [4.69, 9.17) is 11.6 Å². The summed E-state index contributed by atoms with van der Waals surface area (Å²) in [6.07, 6.45) is 3.64. The third-order valence-corrected chi connectivity index (χ3v) is 3.51. The summed E-state index contributed by atoms with van der Waals surface area (Å²) in [7, 11) is 0. The zero-order valence-electron chi connectivity index (χ0n) is 8.98. The maximum Gasteiger partial charge on any atom is 0.149 e. The van der Waals surface area contributed by atoms with Crippen LogP contribution in [0, 0.1) is 6.92 Å². The highest BCUT2D eigenvalue weighted by Crippen LogP contribution is 2.25. The number of aryl methyl sites for hydroxylation is 2. The molecule has 0 aromatic carbocycles. The Morgan fingerprint density at radius 1 is 1.38 bits per heavy atom. The lowest BCUT2D eigenvalue weighted by atomic mass is 10.2. The van der Waals surface area contributed by atoms with E-state index in [9.17, 15) is 0 Å². The molecule has 0 bridgehead atoms. The molecule has 0 saturated heterocycles. The maximum atomic E-state index is 5.65. The highest BCUT2D eigenvalue weighted by molar-refractivity contribution is 7.14. The Hall–Kier alpha value is -1.00. The normalized spacial score (nSPS) is 10.6. The Balaban J connectivity index is 2.22. The van der Waals surface area contributed by atoms with Gasteiger partial charge in [0.25, 0.3) is 0 Å². The van der Waals surface area contributed by atoms with E-state index in [1.54, 1.807) is 17.5 Å². The summed E-state index contributed by atoms with van der Waals surface area (Å²) in [5.41, 5.74) is 2.06. The lowest BCUT2D eigenvalue weighted by Gasteiger charge is -1.97. The molecule has 0 N–H and O–H groups in total. The molecule has 2 heterocycles. The first-order chi connectivity index (χ1) is 7.81. The van der Waals surface area contributed by atoms with Gasteiger partial charge in [0.05, 0.1) is 0 Å². The molecule has 0 aliphatic heterocycles. The highest BCUT2D eigenvalue weighted by Gasteiger charge is 2.08. The summed E-state index contributed by atoms with van der Waals surface area (Å²) < 4.78 is 0. The summed E-state index contributed by atoms with van der Waals surface area (Å²) in [6.45, 7) is 1.98. The van der Waals surface area contributed by atoms with Crippen molar-refractivity contribution >= 4 is 22.9 Å². The summed E-state index contributed by atoms with van der Waals surface area (Å²) in [6, 6.07) is 3.94. The number of rotatable bonds is 4. The van der Waals surface area contributed by atoms with E-state index in [1.807, 2.05) is 19.1 Å². The third-order valence-electron chi connectivity index (χ3n) is 2.23. The van der Waals surface area contributed by atoms with Crippen LogP contribution >= 0.6 is 22.9 Å². The van der Waals surface area contributed by atoms with Crippen LogP contribution in [0.3, 0.4) is 0 Å². The molecular formula is C11H12ClN3S. The minimum absolute atomic E-state index is 0.667. The summed E-state index contributed by atoms with van der Waals surface area (Å²) in [5.74, 6) is 0.667. The minimum atomic E-state index is 0.667. The quantitative estimate of drug-likeness (QED) is 0.786. The van der Waals surface area contributed by atoms with Crippen LogP contribution in [0.1, 0.15) is 17.1 Å². The first-order valence-electron chi connectivity index (χ1n) is 5.11. The predicted molar refractivity (Wildman–Crippen MR) is 66.9 cm³/mol. The van der Waals surface area contributed by atoms with Crippen molar-refractivity contribution in [3.05, 3.63) is 29.0 Å². The molecule has 0 amide bonds. The van der Waals surface area contributed by atoms with Crippen molar-refractivity contribution in [3.8, 4) is 10.6 Å². The van der Waals surface area contributed by atoms with E-state index in [0.717, 1.165) is 34.1 Å². The van der Waals surface area contributed by atoms with Crippen molar-refractivity contribution in [3.63, 3.8) is 0 Å². The number of nitrogens with zero attached hydrogens (tertiary/aromatic N) is 3. The van der Waals surface area contributed by atoms with E-state index in [2.05, 4.69) is 15.2 Å². The summed E-state index contributed by atoms with van der Waals surface area (Å²) in [5, 5.41) is 10.3. The van der Waals surface area contributed by atoms with Crippen molar-refractivity contribution in [1.29, 1.82) is 0 Å². The highest BCUT2D eigenvalue weighted by atomic mass is 35.5. The Bertz CT molecular complexity index is 470. The van der Waals surface area contributed by atoms with Crippen LogP contribution in [-0.2, 0) is 6.42 Å². The zero-order valence-corrected chi connectivity index (χ0v) is 10.6. The monoisotopic (exact) mass is 253 g/mol. The maximum absolute atomic E-state index is 5.65. The molecule has 0 atom stereocenters. The Morgan fingerprint density at radius 3 is 3.00 bits per heavy atom. The number of alkyl halides is 1. The average Bonchev–Trinajstić information content (AvgIpc) is 2.75. The van der Waals surface area contributed by atoms with Crippen LogP contribution < -0.4 is 0 Å². The van der Waals surface area contributed by atoms with Gasteiger partial charge < -0.3 is 0 Å². The molecule has 0 saturated carbocycles. The second kappa shape index (κ2) is 5.37. The fourth-order valence-corrected chi connectivity index (χ4v) is 2.48. The van der Waals surface area contributed by atoms with Gasteiger partial charge in [-0.25, -0.2) is 0 Å². The van der Waals surface area contributed by atoms with Gasteiger partial charge in [0.2, 0.25) is 0 Å². The second-order valence-electron chi connectivity index (χ2n) is 3.43. The second-order valence-corrected chi connectivity index (χ2v) is 4.87. The van der Waals surface area contributed by atoms with Crippen LogP contribution in [-0.4, -0.2) is 21.1 Å². The van der Waals surface area contributed by atoms with Crippen molar-refractivity contribution in [2.75, 3.05) is 5.88 Å². The molecule has 0 aliphatic carbocycles. The van der Waals surface area contributed by atoms with Gasteiger partial charge in [0.1, 0.15) is 10.0 Å². The largest absolute Gasteiger partial charge is 0.261 e. The van der Waals surface area contributed by atoms with E-state index in [-0.39, 0.29) is 0 Å². The topological polar surface area (TPSA) is 38.7 Å². The molecule has 0 radical (unpaired) electrons. The fraction of sp³-hybridized carbons (Fsp3) is 0.364. The fourth-order valence-electron chi connectivity index (χ4n) is 1.39. The van der Waals surface area contributed by atoms with E-state index < -0.39 is 0 Å². The minimum Gasteiger partial charge on any atom is -0.261 e. The third kappa shape index (κ3) is 2.57. The van der Waals surface area contributed by atoms with Crippen molar-refractivity contribution in [2.24, 2.45) is 0 Å². The standard InChI is InChI=1S/C11H12ClN3S/c1-8-9(4-3-7-13-8)11-15-14-10(16-11)5-2-6-12/h3-4,7H,2,5-6H2,1H3. The first-order valence-corrected chi connectivity index (χ1v) is 6.46. The van der Waals surface area contributed by atoms with Gasteiger partial charge in [0.15, 0.2) is 0 Å². The van der Waals surface area contributed by atoms with E-state index >= 15 is 0 Å². The van der Waals surface area contributed by atoms with Crippen molar-refractivity contribution in [2.45, 2.75) is 19.8 Å². The predicted octanol–water partition coefficient (Wildman–Crippen LogP) is 3.08. The van der Waals surface area contributed by atoms with Gasteiger partial charge in [-0.2, -0.15) is 0 Å². The summed E-state index contributed by atoms with van der Waals surface area (Å²) in [4.78, 5) is 4.24. The molecule has 0 unspecified atom stereocenters. The van der Waals surface area contributed by atoms with Crippen LogP contribution in [0.25, 0.3) is 10.6 Å². The van der Waals surface area contributed by atoms with Crippen molar-refractivity contribution in [1.82, 2.24) is 15.2 Å². The lowest BCUT2D eigenvalue weighted by Crippen LogP contribution is -1.85. The van der Waals surface area contributed by atoms with Crippen LogP contribution in [0.15, 0.2) is 18.3 Å². The summed E-state index contributed by atoms with van der Waals surface area (Å²) >= 11 is 7.27. The van der Waals surface area contributed by atoms with Gasteiger partial charge in [0, 0.05) is 29.8 Å².